The van der Waals surface area contributed by atoms with E-state index in [2.05, 4.69) is 86.4 Å². The summed E-state index contributed by atoms with van der Waals surface area (Å²) in [7, 11) is 0. The molecular formula is C30H27N3O. The van der Waals surface area contributed by atoms with Gasteiger partial charge in [-0.15, -0.1) is 0 Å². The van der Waals surface area contributed by atoms with Gasteiger partial charge in [-0.1, -0.05) is 64.1 Å². The zero-order valence-electron chi connectivity index (χ0n) is 19.9. The molecule has 4 nitrogen and oxygen atoms in total. The van der Waals surface area contributed by atoms with E-state index in [-0.39, 0.29) is 10.8 Å². The molecule has 0 spiro atoms. The summed E-state index contributed by atoms with van der Waals surface area (Å²) >= 11 is 0. The molecule has 34 heavy (non-hydrogen) atoms. The molecule has 3 heterocycles. The summed E-state index contributed by atoms with van der Waals surface area (Å²) in [5, 5.41) is 3.61. The van der Waals surface area contributed by atoms with Crippen LogP contribution in [0.5, 0.6) is 11.5 Å². The maximum Gasteiger partial charge on any atom is 0.151 e. The van der Waals surface area contributed by atoms with Gasteiger partial charge in [-0.3, -0.25) is 0 Å². The Morgan fingerprint density at radius 2 is 1.24 bits per heavy atom. The van der Waals surface area contributed by atoms with Gasteiger partial charge in [0.15, 0.2) is 11.5 Å². The van der Waals surface area contributed by atoms with Gasteiger partial charge in [0.25, 0.3) is 0 Å². The van der Waals surface area contributed by atoms with Gasteiger partial charge in [0.1, 0.15) is 0 Å². The molecule has 0 saturated carbocycles. The van der Waals surface area contributed by atoms with E-state index in [1.54, 1.807) is 0 Å². The highest BCUT2D eigenvalue weighted by molar-refractivity contribution is 5.99. The van der Waals surface area contributed by atoms with Gasteiger partial charge in [-0.25, -0.2) is 0 Å². The second kappa shape index (κ2) is 6.15. The summed E-state index contributed by atoms with van der Waals surface area (Å²) in [6, 6.07) is 25.4. The van der Waals surface area contributed by atoms with Crippen LogP contribution in [0, 0.1) is 0 Å². The molecular weight excluding hydrogens is 418 g/mol. The van der Waals surface area contributed by atoms with Gasteiger partial charge in [0.05, 0.1) is 28.4 Å². The zero-order valence-corrected chi connectivity index (χ0v) is 19.9. The van der Waals surface area contributed by atoms with Crippen LogP contribution in [0.3, 0.4) is 0 Å². The van der Waals surface area contributed by atoms with Gasteiger partial charge in [-0.05, 0) is 58.7 Å². The Balaban J connectivity index is 1.57. The number of nitrogen functional groups attached to an aromatic ring is 1. The molecule has 0 radical (unpaired) electrons. The highest BCUT2D eigenvalue weighted by atomic mass is 16.5. The first-order chi connectivity index (χ1) is 16.3. The van der Waals surface area contributed by atoms with Crippen LogP contribution in [0.1, 0.15) is 49.9 Å². The summed E-state index contributed by atoms with van der Waals surface area (Å²) in [5.74, 6) is 1.84. The van der Waals surface area contributed by atoms with Crippen molar-refractivity contribution in [3.05, 3.63) is 95.1 Å². The molecule has 4 aromatic rings. The molecule has 3 aliphatic heterocycles. The van der Waals surface area contributed by atoms with Gasteiger partial charge in [-0.2, -0.15) is 0 Å². The van der Waals surface area contributed by atoms with Crippen molar-refractivity contribution in [1.82, 2.24) is 0 Å². The number of ether oxygens (including phenoxy) is 1. The Bertz CT molecular complexity index is 1450. The van der Waals surface area contributed by atoms with Crippen LogP contribution >= 0.6 is 0 Å². The van der Waals surface area contributed by atoms with Crippen LogP contribution in [0.15, 0.2) is 72.8 Å². The van der Waals surface area contributed by atoms with E-state index in [1.165, 1.54) is 39.3 Å². The third kappa shape index (κ3) is 2.28. The first-order valence-corrected chi connectivity index (χ1v) is 11.8. The Labute approximate surface area is 200 Å². The van der Waals surface area contributed by atoms with Crippen molar-refractivity contribution in [2.45, 2.75) is 38.5 Å². The lowest BCUT2D eigenvalue weighted by Gasteiger charge is -2.51. The quantitative estimate of drug-likeness (QED) is 0.272. The molecule has 0 saturated heterocycles. The summed E-state index contributed by atoms with van der Waals surface area (Å²) < 4.78 is 6.48. The molecule has 4 aromatic carbocycles. The van der Waals surface area contributed by atoms with E-state index in [0.29, 0.717) is 0 Å². The number of hydrogen-bond acceptors (Lipinski definition) is 4. The Hall–Kier alpha value is -3.92. The van der Waals surface area contributed by atoms with E-state index < -0.39 is 0 Å². The van der Waals surface area contributed by atoms with E-state index in [1.807, 2.05) is 24.3 Å². The Morgan fingerprint density at radius 3 is 1.79 bits per heavy atom. The largest absolute Gasteiger partial charge is 0.453 e. The van der Waals surface area contributed by atoms with Gasteiger partial charge >= 0.3 is 0 Å². The first kappa shape index (κ1) is 19.5. The van der Waals surface area contributed by atoms with Crippen molar-refractivity contribution >= 4 is 34.1 Å². The molecule has 0 bridgehead atoms. The van der Waals surface area contributed by atoms with Crippen LogP contribution in [0.25, 0.3) is 0 Å². The minimum atomic E-state index is -0.199. The molecule has 0 atom stereocenters. The van der Waals surface area contributed by atoms with Crippen molar-refractivity contribution in [2.75, 3.05) is 16.0 Å². The summed E-state index contributed by atoms with van der Waals surface area (Å²) in [6.45, 7) is 9.27. The van der Waals surface area contributed by atoms with Crippen molar-refractivity contribution in [3.8, 4) is 11.5 Å². The number of rotatable bonds is 2. The zero-order chi connectivity index (χ0) is 23.4. The predicted molar refractivity (Wildman–Crippen MR) is 140 cm³/mol. The molecule has 0 unspecified atom stereocenters. The lowest BCUT2D eigenvalue weighted by molar-refractivity contribution is 0.464. The molecule has 7 rings (SSSR count). The third-order valence-corrected chi connectivity index (χ3v) is 7.93. The van der Waals surface area contributed by atoms with E-state index >= 15 is 0 Å². The van der Waals surface area contributed by atoms with Crippen LogP contribution in [0.2, 0.25) is 0 Å². The fraction of sp³-hybridized carbons (Fsp3) is 0.200. The molecule has 0 fully saturated rings. The van der Waals surface area contributed by atoms with E-state index in [9.17, 15) is 0 Å². The number of para-hydroxylation sites is 4. The van der Waals surface area contributed by atoms with Crippen molar-refractivity contribution in [2.24, 2.45) is 0 Å². The Morgan fingerprint density at radius 1 is 0.676 bits per heavy atom. The van der Waals surface area contributed by atoms with E-state index in [0.717, 1.165) is 28.6 Å². The van der Waals surface area contributed by atoms with Gasteiger partial charge in [0, 0.05) is 16.5 Å². The topological polar surface area (TPSA) is 50.5 Å². The van der Waals surface area contributed by atoms with E-state index in [4.69, 9.17) is 10.5 Å². The van der Waals surface area contributed by atoms with Crippen LogP contribution in [-0.4, -0.2) is 0 Å². The highest BCUT2D eigenvalue weighted by Gasteiger charge is 2.49. The molecule has 0 aliphatic carbocycles. The number of nitrogens with one attached hydrogen (secondary N) is 1. The maximum absolute atomic E-state index is 6.48. The number of nitrogens with two attached hydrogens (primary N) is 1. The normalized spacial score (nSPS) is 17.0. The third-order valence-electron chi connectivity index (χ3n) is 7.93. The fourth-order valence-corrected chi connectivity index (χ4v) is 6.09. The minimum Gasteiger partial charge on any atom is -0.453 e. The van der Waals surface area contributed by atoms with Crippen LogP contribution in [-0.2, 0) is 10.8 Å². The monoisotopic (exact) mass is 445 g/mol. The molecule has 0 amide bonds. The number of nitrogens with zero attached hydrogens (tertiary/aromatic N) is 1. The van der Waals surface area contributed by atoms with Crippen molar-refractivity contribution in [1.29, 1.82) is 0 Å². The van der Waals surface area contributed by atoms with Crippen LogP contribution < -0.4 is 20.7 Å². The molecule has 4 heteroatoms. The Kier molecular flexibility index (Phi) is 3.53. The average molecular weight is 446 g/mol. The smallest absolute Gasteiger partial charge is 0.151 e. The average Bonchev–Trinajstić information content (AvgIpc) is 2.81. The number of anilines is 6. The molecule has 168 valence electrons. The van der Waals surface area contributed by atoms with Crippen molar-refractivity contribution in [3.63, 3.8) is 0 Å². The molecule has 3 aliphatic rings. The summed E-state index contributed by atoms with van der Waals surface area (Å²) in [4.78, 5) is 2.46. The highest BCUT2D eigenvalue weighted by Crippen LogP contribution is 2.66. The SMILES string of the molecule is CC1(C)c2cccc3c2N2c4c(cccc4C(C)(C)c4cc(Nc5ccccc5N)cc1c42)O3. The summed E-state index contributed by atoms with van der Waals surface area (Å²) in [5.41, 5.74) is 17.4. The van der Waals surface area contributed by atoms with Crippen molar-refractivity contribution < 1.29 is 4.74 Å². The first-order valence-electron chi connectivity index (χ1n) is 11.8. The van der Waals surface area contributed by atoms with Crippen LogP contribution in [0.4, 0.5) is 34.1 Å². The number of hydrogen-bond donors (Lipinski definition) is 2. The lowest BCUT2D eigenvalue weighted by Crippen LogP contribution is -2.39. The number of benzene rings is 4. The fourth-order valence-electron chi connectivity index (χ4n) is 6.09. The minimum absolute atomic E-state index is 0.199. The maximum atomic E-state index is 6.48. The molecule has 3 N–H and O–H groups in total. The standard InChI is InChI=1S/C30H27N3O/c1-29(2)18-9-7-13-24-27(18)33-26-20(29)15-17(32-23-12-6-5-11-22(23)31)16-21(26)30(3,4)19-10-8-14-25(34-24)28(19)33/h5-16,32H,31H2,1-4H3. The second-order valence-corrected chi connectivity index (χ2v) is 10.6. The molecule has 0 aromatic heterocycles. The van der Waals surface area contributed by atoms with Gasteiger partial charge < -0.3 is 20.7 Å². The van der Waals surface area contributed by atoms with Gasteiger partial charge in [0.2, 0.25) is 0 Å². The summed E-state index contributed by atoms with van der Waals surface area (Å²) in [6.07, 6.45) is 0. The predicted octanol–water partition coefficient (Wildman–Crippen LogP) is 7.87. The lowest BCUT2D eigenvalue weighted by atomic mass is 9.66. The second-order valence-electron chi connectivity index (χ2n) is 10.6.